The van der Waals surface area contributed by atoms with Crippen LogP contribution in [0.25, 0.3) is 0 Å². The molecule has 0 saturated carbocycles. The molecule has 3 nitrogen and oxygen atoms in total. The number of rotatable bonds is 5. The molecule has 1 heterocycles. The van der Waals surface area contributed by atoms with Crippen LogP contribution in [0.3, 0.4) is 0 Å². The van der Waals surface area contributed by atoms with Crippen LogP contribution in [0.2, 0.25) is 0 Å². The number of hydrogen-bond donors (Lipinski definition) is 1. The molecule has 0 amide bonds. The lowest BCUT2D eigenvalue weighted by Gasteiger charge is -2.04. The normalized spacial score (nSPS) is 10.5. The standard InChI is InChI=1S/C8H14N2OS/c1-8-2-3-9-10(8)4-5-11-6-7-12/h2-3,12H,4-7H2,1H3. The molecule has 0 bridgehead atoms. The van der Waals surface area contributed by atoms with Crippen molar-refractivity contribution in [2.24, 2.45) is 0 Å². The number of aromatic nitrogens is 2. The van der Waals surface area contributed by atoms with Crippen LogP contribution >= 0.6 is 12.6 Å². The van der Waals surface area contributed by atoms with Gasteiger partial charge in [-0.2, -0.15) is 17.7 Å². The van der Waals surface area contributed by atoms with Gasteiger partial charge < -0.3 is 4.74 Å². The van der Waals surface area contributed by atoms with Gasteiger partial charge in [-0.05, 0) is 13.0 Å². The Morgan fingerprint density at radius 1 is 1.58 bits per heavy atom. The lowest BCUT2D eigenvalue weighted by Crippen LogP contribution is -2.09. The smallest absolute Gasteiger partial charge is 0.0663 e. The molecule has 68 valence electrons. The highest BCUT2D eigenvalue weighted by atomic mass is 32.1. The fourth-order valence-corrected chi connectivity index (χ4v) is 1.08. The first-order chi connectivity index (χ1) is 5.84. The van der Waals surface area contributed by atoms with Crippen molar-refractivity contribution in [2.75, 3.05) is 19.0 Å². The molecule has 1 aromatic heterocycles. The van der Waals surface area contributed by atoms with E-state index in [1.165, 1.54) is 5.69 Å². The maximum absolute atomic E-state index is 5.27. The Bertz CT molecular complexity index is 225. The topological polar surface area (TPSA) is 27.1 Å². The lowest BCUT2D eigenvalue weighted by molar-refractivity contribution is 0.138. The van der Waals surface area contributed by atoms with Crippen molar-refractivity contribution in [3.8, 4) is 0 Å². The predicted octanol–water partition coefficient (Wildman–Crippen LogP) is 1.14. The fraction of sp³-hybridized carbons (Fsp3) is 0.625. The average Bonchev–Trinajstić information content (AvgIpc) is 2.46. The zero-order chi connectivity index (χ0) is 8.81. The Labute approximate surface area is 78.1 Å². The second-order valence-corrected chi connectivity index (χ2v) is 2.98. The van der Waals surface area contributed by atoms with Gasteiger partial charge in [-0.1, -0.05) is 0 Å². The first kappa shape index (κ1) is 9.61. The molecule has 0 N–H and O–H groups in total. The van der Waals surface area contributed by atoms with Crippen LogP contribution in [0.5, 0.6) is 0 Å². The fourth-order valence-electron chi connectivity index (χ4n) is 0.951. The molecule has 0 atom stereocenters. The molecular formula is C8H14N2OS. The molecule has 0 radical (unpaired) electrons. The van der Waals surface area contributed by atoms with Gasteiger partial charge in [0.05, 0.1) is 19.8 Å². The van der Waals surface area contributed by atoms with Crippen LogP contribution in [0.15, 0.2) is 12.3 Å². The van der Waals surface area contributed by atoms with Gasteiger partial charge in [0.2, 0.25) is 0 Å². The molecule has 0 fully saturated rings. The molecule has 0 unspecified atom stereocenters. The third kappa shape index (κ3) is 2.87. The molecule has 4 heteroatoms. The molecular weight excluding hydrogens is 172 g/mol. The summed E-state index contributed by atoms with van der Waals surface area (Å²) >= 11 is 4.04. The van der Waals surface area contributed by atoms with Crippen molar-refractivity contribution in [3.63, 3.8) is 0 Å². The maximum Gasteiger partial charge on any atom is 0.0663 e. The molecule has 1 aromatic rings. The number of thiol groups is 1. The number of nitrogens with zero attached hydrogens (tertiary/aromatic N) is 2. The minimum atomic E-state index is 0.711. The average molecular weight is 186 g/mol. The summed E-state index contributed by atoms with van der Waals surface area (Å²) in [6.07, 6.45) is 1.80. The van der Waals surface area contributed by atoms with E-state index in [1.54, 1.807) is 6.20 Å². The largest absolute Gasteiger partial charge is 0.379 e. The van der Waals surface area contributed by atoms with Crippen LogP contribution in [-0.4, -0.2) is 28.7 Å². The molecule has 0 saturated heterocycles. The summed E-state index contributed by atoms with van der Waals surface area (Å²) in [6, 6.07) is 1.98. The van der Waals surface area contributed by atoms with Crippen molar-refractivity contribution < 1.29 is 4.74 Å². The highest BCUT2D eigenvalue weighted by Crippen LogP contribution is 1.95. The summed E-state index contributed by atoms with van der Waals surface area (Å²) in [7, 11) is 0. The Kier molecular flexibility index (Phi) is 4.18. The monoisotopic (exact) mass is 186 g/mol. The molecule has 0 aromatic carbocycles. The zero-order valence-corrected chi connectivity index (χ0v) is 8.13. The summed E-state index contributed by atoms with van der Waals surface area (Å²) in [5.41, 5.74) is 1.17. The van der Waals surface area contributed by atoms with Crippen molar-refractivity contribution in [1.29, 1.82) is 0 Å². The van der Waals surface area contributed by atoms with Crippen LogP contribution < -0.4 is 0 Å². The minimum Gasteiger partial charge on any atom is -0.379 e. The first-order valence-electron chi connectivity index (χ1n) is 4.01. The van der Waals surface area contributed by atoms with E-state index >= 15 is 0 Å². The van der Waals surface area contributed by atoms with E-state index in [4.69, 9.17) is 4.74 Å². The minimum absolute atomic E-state index is 0.711. The van der Waals surface area contributed by atoms with Crippen molar-refractivity contribution in [2.45, 2.75) is 13.5 Å². The predicted molar refractivity (Wildman–Crippen MR) is 51.6 cm³/mol. The number of hydrogen-bond acceptors (Lipinski definition) is 3. The third-order valence-corrected chi connectivity index (χ3v) is 1.79. The second-order valence-electron chi connectivity index (χ2n) is 2.53. The summed E-state index contributed by atoms with van der Waals surface area (Å²) < 4.78 is 7.20. The third-order valence-electron chi connectivity index (χ3n) is 1.61. The molecule has 0 aliphatic heterocycles. The van der Waals surface area contributed by atoms with Crippen LogP contribution in [0.1, 0.15) is 5.69 Å². The van der Waals surface area contributed by atoms with Crippen molar-refractivity contribution in [1.82, 2.24) is 9.78 Å². The van der Waals surface area contributed by atoms with E-state index in [1.807, 2.05) is 17.7 Å². The van der Waals surface area contributed by atoms with Crippen LogP contribution in [-0.2, 0) is 11.3 Å². The van der Waals surface area contributed by atoms with Crippen LogP contribution in [0.4, 0.5) is 0 Å². The van der Waals surface area contributed by atoms with Gasteiger partial charge in [-0.15, -0.1) is 0 Å². The SMILES string of the molecule is Cc1ccnn1CCOCCS. The van der Waals surface area contributed by atoms with Gasteiger partial charge in [-0.25, -0.2) is 0 Å². The van der Waals surface area contributed by atoms with Crippen LogP contribution in [0, 0.1) is 6.92 Å². The summed E-state index contributed by atoms with van der Waals surface area (Å²) in [4.78, 5) is 0. The van der Waals surface area contributed by atoms with E-state index in [0.717, 1.165) is 12.3 Å². The van der Waals surface area contributed by atoms with E-state index in [0.29, 0.717) is 13.2 Å². The Morgan fingerprint density at radius 2 is 2.42 bits per heavy atom. The molecule has 0 spiro atoms. The van der Waals surface area contributed by atoms with Gasteiger partial charge in [-0.3, -0.25) is 4.68 Å². The van der Waals surface area contributed by atoms with Crippen molar-refractivity contribution in [3.05, 3.63) is 18.0 Å². The first-order valence-corrected chi connectivity index (χ1v) is 4.65. The molecule has 12 heavy (non-hydrogen) atoms. The quantitative estimate of drug-likeness (QED) is 0.551. The Balaban J connectivity index is 2.20. The summed E-state index contributed by atoms with van der Waals surface area (Å²) in [6.45, 7) is 4.28. The number of aryl methyl sites for hydroxylation is 1. The van der Waals surface area contributed by atoms with Gasteiger partial charge in [0.25, 0.3) is 0 Å². The lowest BCUT2D eigenvalue weighted by atomic mass is 10.5. The van der Waals surface area contributed by atoms with E-state index in [2.05, 4.69) is 17.7 Å². The van der Waals surface area contributed by atoms with E-state index < -0.39 is 0 Å². The summed E-state index contributed by atoms with van der Waals surface area (Å²) in [5, 5.41) is 4.13. The van der Waals surface area contributed by atoms with E-state index in [9.17, 15) is 0 Å². The molecule has 0 aliphatic rings. The van der Waals surface area contributed by atoms with Gasteiger partial charge >= 0.3 is 0 Å². The second kappa shape index (κ2) is 5.22. The highest BCUT2D eigenvalue weighted by Gasteiger charge is 1.95. The molecule has 1 rings (SSSR count). The van der Waals surface area contributed by atoms with Gasteiger partial charge in [0, 0.05) is 17.6 Å². The number of ether oxygens (including phenoxy) is 1. The molecule has 0 aliphatic carbocycles. The van der Waals surface area contributed by atoms with E-state index in [-0.39, 0.29) is 0 Å². The Hall–Kier alpha value is -0.480. The van der Waals surface area contributed by atoms with Gasteiger partial charge in [0.1, 0.15) is 0 Å². The highest BCUT2D eigenvalue weighted by molar-refractivity contribution is 7.80. The Morgan fingerprint density at radius 3 is 3.00 bits per heavy atom. The van der Waals surface area contributed by atoms with Crippen molar-refractivity contribution >= 4 is 12.6 Å². The summed E-state index contributed by atoms with van der Waals surface area (Å²) in [5.74, 6) is 0.776. The van der Waals surface area contributed by atoms with Gasteiger partial charge in [0.15, 0.2) is 0 Å². The maximum atomic E-state index is 5.27. The zero-order valence-electron chi connectivity index (χ0n) is 7.23.